The zero-order chi connectivity index (χ0) is 10.1. The summed E-state index contributed by atoms with van der Waals surface area (Å²) in [5, 5.41) is 2.41. The van der Waals surface area contributed by atoms with Crippen LogP contribution in [-0.2, 0) is 0 Å². The molecule has 0 bridgehead atoms. The maximum Gasteiger partial charge on any atom is 0.207 e. The van der Waals surface area contributed by atoms with Crippen molar-refractivity contribution in [1.82, 2.24) is 0 Å². The van der Waals surface area contributed by atoms with Gasteiger partial charge in [0.05, 0.1) is 21.7 Å². The summed E-state index contributed by atoms with van der Waals surface area (Å²) in [7, 11) is 0. The van der Waals surface area contributed by atoms with Crippen LogP contribution in [0.4, 0.5) is 0 Å². The van der Waals surface area contributed by atoms with Crippen molar-refractivity contribution in [3.8, 4) is 0 Å². The summed E-state index contributed by atoms with van der Waals surface area (Å²) in [5.74, 6) is -0.0816. The van der Waals surface area contributed by atoms with E-state index in [9.17, 15) is 4.79 Å². The monoisotopic (exact) mass is 226 g/mol. The van der Waals surface area contributed by atoms with Crippen molar-refractivity contribution in [1.29, 1.82) is 0 Å². The zero-order valence-corrected chi connectivity index (χ0v) is 8.98. The Balaban J connectivity index is 2.42. The van der Waals surface area contributed by atoms with Crippen molar-refractivity contribution in [3.05, 3.63) is 45.0 Å². The summed E-state index contributed by atoms with van der Waals surface area (Å²) in [6.07, 6.45) is 2.90. The molecule has 0 aliphatic rings. The molecule has 0 fully saturated rings. The van der Waals surface area contributed by atoms with Gasteiger partial charge in [-0.25, -0.2) is 0 Å². The van der Waals surface area contributed by atoms with Gasteiger partial charge in [0.2, 0.25) is 5.78 Å². The van der Waals surface area contributed by atoms with Crippen molar-refractivity contribution >= 4 is 28.7 Å². The second-order valence-electron chi connectivity index (χ2n) is 2.90. The summed E-state index contributed by atoms with van der Waals surface area (Å²) in [6.45, 7) is 1.88. The van der Waals surface area contributed by atoms with Crippen LogP contribution in [0.15, 0.2) is 28.4 Å². The number of thiophene rings is 1. The fourth-order valence-electron chi connectivity index (χ4n) is 1.11. The van der Waals surface area contributed by atoms with Gasteiger partial charge in [0.25, 0.3) is 0 Å². The summed E-state index contributed by atoms with van der Waals surface area (Å²) in [5.41, 5.74) is 1.47. The van der Waals surface area contributed by atoms with Gasteiger partial charge in [0.15, 0.2) is 0 Å². The van der Waals surface area contributed by atoms with Gasteiger partial charge in [0, 0.05) is 0 Å². The third-order valence-corrected chi connectivity index (χ3v) is 3.58. The average molecular weight is 227 g/mol. The van der Waals surface area contributed by atoms with Crippen LogP contribution in [0.1, 0.15) is 20.8 Å². The highest BCUT2D eigenvalue weighted by atomic mass is 35.5. The molecule has 2 heterocycles. The fraction of sp³-hybridized carbons (Fsp3) is 0.100. The fourth-order valence-corrected chi connectivity index (χ4v) is 2.35. The van der Waals surface area contributed by atoms with Crippen LogP contribution in [0.2, 0.25) is 5.02 Å². The highest BCUT2D eigenvalue weighted by molar-refractivity contribution is 7.13. The topological polar surface area (TPSA) is 30.2 Å². The Bertz CT molecular complexity index is 456. The van der Waals surface area contributed by atoms with E-state index in [4.69, 9.17) is 16.0 Å². The van der Waals surface area contributed by atoms with Crippen LogP contribution >= 0.6 is 22.9 Å². The lowest BCUT2D eigenvalue weighted by Crippen LogP contribution is -1.96. The van der Waals surface area contributed by atoms with Crippen molar-refractivity contribution in [3.63, 3.8) is 0 Å². The summed E-state index contributed by atoms with van der Waals surface area (Å²) < 4.78 is 4.84. The molecule has 0 amide bonds. The Morgan fingerprint density at radius 3 is 2.86 bits per heavy atom. The third-order valence-electron chi connectivity index (χ3n) is 1.89. The van der Waals surface area contributed by atoms with Gasteiger partial charge in [-0.2, -0.15) is 0 Å². The quantitative estimate of drug-likeness (QED) is 0.734. The molecule has 0 radical (unpaired) electrons. The van der Waals surface area contributed by atoms with E-state index in [0.29, 0.717) is 15.5 Å². The Kier molecular flexibility index (Phi) is 2.44. The third kappa shape index (κ3) is 1.49. The number of carbonyl (C=O) groups is 1. The molecule has 0 saturated carbocycles. The first-order chi connectivity index (χ1) is 6.70. The largest absolute Gasteiger partial charge is 0.472 e. The molecule has 0 atom stereocenters. The van der Waals surface area contributed by atoms with Crippen molar-refractivity contribution in [2.24, 2.45) is 0 Å². The molecule has 2 nitrogen and oxygen atoms in total. The Hall–Kier alpha value is -1.06. The SMILES string of the molecule is Cc1csc(C(=O)c2ccoc2)c1Cl. The van der Waals surface area contributed by atoms with E-state index < -0.39 is 0 Å². The smallest absolute Gasteiger partial charge is 0.207 e. The molecular weight excluding hydrogens is 220 g/mol. The van der Waals surface area contributed by atoms with Crippen LogP contribution in [0.25, 0.3) is 0 Å². The van der Waals surface area contributed by atoms with Gasteiger partial charge in [-0.3, -0.25) is 4.79 Å². The second kappa shape index (κ2) is 3.59. The molecule has 72 valence electrons. The normalized spacial score (nSPS) is 10.4. The van der Waals surface area contributed by atoms with Crippen LogP contribution in [0, 0.1) is 6.92 Å². The van der Waals surface area contributed by atoms with Crippen LogP contribution in [-0.4, -0.2) is 5.78 Å². The number of aryl methyl sites for hydroxylation is 1. The minimum absolute atomic E-state index is 0.0816. The van der Waals surface area contributed by atoms with Crippen LogP contribution < -0.4 is 0 Å². The van der Waals surface area contributed by atoms with Gasteiger partial charge in [-0.05, 0) is 23.9 Å². The number of carbonyl (C=O) groups excluding carboxylic acids is 1. The second-order valence-corrected chi connectivity index (χ2v) is 4.16. The van der Waals surface area contributed by atoms with Crippen LogP contribution in [0.5, 0.6) is 0 Å². The zero-order valence-electron chi connectivity index (χ0n) is 7.41. The van der Waals surface area contributed by atoms with Gasteiger partial charge in [0.1, 0.15) is 6.26 Å². The molecule has 2 aromatic heterocycles. The molecule has 14 heavy (non-hydrogen) atoms. The molecule has 0 aliphatic heterocycles. The number of hydrogen-bond donors (Lipinski definition) is 0. The highest BCUT2D eigenvalue weighted by Crippen LogP contribution is 2.29. The van der Waals surface area contributed by atoms with E-state index in [2.05, 4.69) is 0 Å². The van der Waals surface area contributed by atoms with E-state index in [0.717, 1.165) is 5.56 Å². The molecule has 0 aliphatic carbocycles. The van der Waals surface area contributed by atoms with Crippen molar-refractivity contribution in [2.45, 2.75) is 6.92 Å². The predicted octanol–water partition coefficient (Wildman–Crippen LogP) is 3.53. The van der Waals surface area contributed by atoms with E-state index in [1.807, 2.05) is 12.3 Å². The molecule has 2 rings (SSSR count). The maximum atomic E-state index is 11.8. The summed E-state index contributed by atoms with van der Waals surface area (Å²) >= 11 is 7.34. The molecule has 0 spiro atoms. The lowest BCUT2D eigenvalue weighted by atomic mass is 10.2. The van der Waals surface area contributed by atoms with Gasteiger partial charge >= 0.3 is 0 Å². The minimum atomic E-state index is -0.0816. The van der Waals surface area contributed by atoms with Crippen molar-refractivity contribution in [2.75, 3.05) is 0 Å². The molecule has 0 aromatic carbocycles. The van der Waals surface area contributed by atoms with Gasteiger partial charge in [-0.1, -0.05) is 11.6 Å². The summed E-state index contributed by atoms with van der Waals surface area (Å²) in [6, 6.07) is 1.63. The Morgan fingerprint density at radius 2 is 2.36 bits per heavy atom. The average Bonchev–Trinajstić information content (AvgIpc) is 2.77. The number of rotatable bonds is 2. The minimum Gasteiger partial charge on any atom is -0.472 e. The highest BCUT2D eigenvalue weighted by Gasteiger charge is 2.16. The number of hydrogen-bond acceptors (Lipinski definition) is 3. The van der Waals surface area contributed by atoms with E-state index in [-0.39, 0.29) is 5.78 Å². The molecular formula is C10H7ClO2S. The number of furan rings is 1. The predicted molar refractivity (Wildman–Crippen MR) is 56.2 cm³/mol. The molecule has 0 saturated heterocycles. The number of ketones is 1. The summed E-state index contributed by atoms with van der Waals surface area (Å²) in [4.78, 5) is 12.4. The standard InChI is InChI=1S/C10H7ClO2S/c1-6-5-14-10(8(6)11)9(12)7-2-3-13-4-7/h2-5H,1H3. The molecule has 2 aromatic rings. The first-order valence-corrected chi connectivity index (χ1v) is 5.26. The Morgan fingerprint density at radius 1 is 1.57 bits per heavy atom. The molecule has 0 unspecified atom stereocenters. The van der Waals surface area contributed by atoms with Gasteiger partial charge < -0.3 is 4.42 Å². The van der Waals surface area contributed by atoms with E-state index in [1.54, 1.807) is 6.07 Å². The lowest BCUT2D eigenvalue weighted by molar-refractivity contribution is 0.104. The first kappa shape index (κ1) is 9.49. The lowest BCUT2D eigenvalue weighted by Gasteiger charge is -1.94. The maximum absolute atomic E-state index is 11.8. The molecule has 4 heteroatoms. The molecule has 0 N–H and O–H groups in total. The van der Waals surface area contributed by atoms with E-state index >= 15 is 0 Å². The van der Waals surface area contributed by atoms with Gasteiger partial charge in [-0.15, -0.1) is 11.3 Å². The Labute approximate surface area is 90.1 Å². The first-order valence-electron chi connectivity index (χ1n) is 4.00. The van der Waals surface area contributed by atoms with Crippen molar-refractivity contribution < 1.29 is 9.21 Å². The number of halogens is 1. The van der Waals surface area contributed by atoms with Crippen LogP contribution in [0.3, 0.4) is 0 Å². The van der Waals surface area contributed by atoms with E-state index in [1.165, 1.54) is 23.9 Å².